The van der Waals surface area contributed by atoms with Crippen LogP contribution in [0.1, 0.15) is 24.2 Å². The molecule has 6 nitrogen and oxygen atoms in total. The third-order valence-electron chi connectivity index (χ3n) is 3.02. The first kappa shape index (κ1) is 15.8. The Morgan fingerprint density at radius 3 is 2.50 bits per heavy atom. The Hall–Kier alpha value is -2.24. The van der Waals surface area contributed by atoms with Gasteiger partial charge < -0.3 is 20.7 Å². The SMILES string of the molecule is CCN(CC)C(=O)CNC(=O)c1cc(OC)ccc1N. The van der Waals surface area contributed by atoms with Gasteiger partial charge in [0.25, 0.3) is 5.91 Å². The maximum atomic E-state index is 12.0. The Kier molecular flexibility index (Phi) is 5.83. The van der Waals surface area contributed by atoms with Crippen molar-refractivity contribution < 1.29 is 14.3 Å². The van der Waals surface area contributed by atoms with E-state index in [1.54, 1.807) is 23.1 Å². The third kappa shape index (κ3) is 3.88. The lowest BCUT2D eigenvalue weighted by Gasteiger charge is -2.18. The van der Waals surface area contributed by atoms with E-state index in [2.05, 4.69) is 5.32 Å². The van der Waals surface area contributed by atoms with Crippen molar-refractivity contribution in [3.05, 3.63) is 23.8 Å². The van der Waals surface area contributed by atoms with Gasteiger partial charge in [0, 0.05) is 18.8 Å². The molecule has 0 bridgehead atoms. The van der Waals surface area contributed by atoms with E-state index in [0.29, 0.717) is 30.1 Å². The molecule has 0 saturated carbocycles. The minimum Gasteiger partial charge on any atom is -0.497 e. The summed E-state index contributed by atoms with van der Waals surface area (Å²) in [6, 6.07) is 4.82. The van der Waals surface area contributed by atoms with Gasteiger partial charge in [-0.15, -0.1) is 0 Å². The number of nitrogen functional groups attached to an aromatic ring is 1. The second-order valence-electron chi connectivity index (χ2n) is 4.20. The molecule has 2 amide bonds. The lowest BCUT2D eigenvalue weighted by atomic mass is 10.1. The number of hydrogen-bond donors (Lipinski definition) is 2. The standard InChI is InChI=1S/C14H21N3O3/c1-4-17(5-2)13(18)9-16-14(19)11-8-10(20-3)6-7-12(11)15/h6-8H,4-5,9,15H2,1-3H3,(H,16,19). The lowest BCUT2D eigenvalue weighted by molar-refractivity contribution is -0.129. The van der Waals surface area contributed by atoms with Crippen LogP contribution in [0.25, 0.3) is 0 Å². The van der Waals surface area contributed by atoms with E-state index in [-0.39, 0.29) is 18.4 Å². The van der Waals surface area contributed by atoms with Crippen LogP contribution in [0.5, 0.6) is 5.75 Å². The number of carbonyl (C=O) groups excluding carboxylic acids is 2. The van der Waals surface area contributed by atoms with Crippen LogP contribution in [0.2, 0.25) is 0 Å². The zero-order valence-electron chi connectivity index (χ0n) is 12.1. The number of amides is 2. The summed E-state index contributed by atoms with van der Waals surface area (Å²) in [5.74, 6) is 0.0335. The van der Waals surface area contributed by atoms with Crippen molar-refractivity contribution in [1.29, 1.82) is 0 Å². The Labute approximate surface area is 118 Å². The first-order valence-corrected chi connectivity index (χ1v) is 6.52. The first-order valence-electron chi connectivity index (χ1n) is 6.52. The third-order valence-corrected chi connectivity index (χ3v) is 3.02. The molecule has 0 radical (unpaired) electrons. The number of anilines is 1. The molecule has 0 fully saturated rings. The Balaban J connectivity index is 2.70. The molecule has 0 spiro atoms. The Bertz CT molecular complexity index is 485. The van der Waals surface area contributed by atoms with Gasteiger partial charge in [0.15, 0.2) is 0 Å². The van der Waals surface area contributed by atoms with Crippen LogP contribution in [0, 0.1) is 0 Å². The number of ether oxygens (including phenoxy) is 1. The van der Waals surface area contributed by atoms with E-state index in [0.717, 1.165) is 0 Å². The maximum Gasteiger partial charge on any atom is 0.253 e. The van der Waals surface area contributed by atoms with Gasteiger partial charge in [-0.1, -0.05) is 0 Å². The largest absolute Gasteiger partial charge is 0.497 e. The van der Waals surface area contributed by atoms with E-state index < -0.39 is 0 Å². The van der Waals surface area contributed by atoms with Gasteiger partial charge in [0.2, 0.25) is 5.91 Å². The quantitative estimate of drug-likeness (QED) is 0.757. The average Bonchev–Trinajstić information content (AvgIpc) is 2.46. The predicted molar refractivity (Wildman–Crippen MR) is 77.7 cm³/mol. The summed E-state index contributed by atoms with van der Waals surface area (Å²) in [6.07, 6.45) is 0. The molecule has 0 aliphatic heterocycles. The van der Waals surface area contributed by atoms with E-state index >= 15 is 0 Å². The summed E-state index contributed by atoms with van der Waals surface area (Å²) in [4.78, 5) is 25.5. The van der Waals surface area contributed by atoms with Gasteiger partial charge in [-0.25, -0.2) is 0 Å². The van der Waals surface area contributed by atoms with Crippen molar-refractivity contribution in [2.45, 2.75) is 13.8 Å². The summed E-state index contributed by atoms with van der Waals surface area (Å²) in [7, 11) is 1.51. The molecule has 0 aliphatic rings. The number of nitrogens with one attached hydrogen (secondary N) is 1. The number of nitrogens with zero attached hydrogens (tertiary/aromatic N) is 1. The lowest BCUT2D eigenvalue weighted by Crippen LogP contribution is -2.40. The fourth-order valence-corrected chi connectivity index (χ4v) is 1.80. The molecule has 0 aromatic heterocycles. The molecule has 0 saturated heterocycles. The highest BCUT2D eigenvalue weighted by Gasteiger charge is 2.14. The number of methoxy groups -OCH3 is 1. The summed E-state index contributed by atoms with van der Waals surface area (Å²) in [5, 5.41) is 2.57. The number of carbonyl (C=O) groups is 2. The molecule has 20 heavy (non-hydrogen) atoms. The van der Waals surface area contributed by atoms with Gasteiger partial charge in [-0.3, -0.25) is 9.59 Å². The van der Waals surface area contributed by atoms with Crippen LogP contribution in [0.3, 0.4) is 0 Å². The van der Waals surface area contributed by atoms with Crippen molar-refractivity contribution in [3.63, 3.8) is 0 Å². The molecule has 0 heterocycles. The Morgan fingerprint density at radius 1 is 1.30 bits per heavy atom. The van der Waals surface area contributed by atoms with E-state index in [9.17, 15) is 9.59 Å². The van der Waals surface area contributed by atoms with Crippen molar-refractivity contribution >= 4 is 17.5 Å². The van der Waals surface area contributed by atoms with Crippen LogP contribution in [-0.4, -0.2) is 43.5 Å². The van der Waals surface area contributed by atoms with Gasteiger partial charge >= 0.3 is 0 Å². The van der Waals surface area contributed by atoms with E-state index in [1.807, 2.05) is 13.8 Å². The maximum absolute atomic E-state index is 12.0. The minimum atomic E-state index is -0.387. The second-order valence-corrected chi connectivity index (χ2v) is 4.20. The van der Waals surface area contributed by atoms with Crippen LogP contribution in [0.4, 0.5) is 5.69 Å². The molecule has 1 rings (SSSR count). The smallest absolute Gasteiger partial charge is 0.253 e. The molecule has 1 aromatic carbocycles. The molecule has 0 aliphatic carbocycles. The number of hydrogen-bond acceptors (Lipinski definition) is 4. The fraction of sp³-hybridized carbons (Fsp3) is 0.429. The summed E-state index contributed by atoms with van der Waals surface area (Å²) in [6.45, 7) is 4.97. The first-order chi connectivity index (χ1) is 9.53. The molecule has 3 N–H and O–H groups in total. The highest BCUT2D eigenvalue weighted by atomic mass is 16.5. The van der Waals surface area contributed by atoms with Crippen molar-refractivity contribution in [3.8, 4) is 5.75 Å². The van der Waals surface area contributed by atoms with Gasteiger partial charge in [-0.2, -0.15) is 0 Å². The topological polar surface area (TPSA) is 84.7 Å². The minimum absolute atomic E-state index is 0.0445. The number of likely N-dealkylation sites (N-methyl/N-ethyl adjacent to an activating group) is 1. The summed E-state index contributed by atoms with van der Waals surface area (Å²) >= 11 is 0. The van der Waals surface area contributed by atoms with Crippen LogP contribution in [0.15, 0.2) is 18.2 Å². The highest BCUT2D eigenvalue weighted by Crippen LogP contribution is 2.19. The zero-order chi connectivity index (χ0) is 15.1. The summed E-state index contributed by atoms with van der Waals surface area (Å²) < 4.78 is 5.05. The highest BCUT2D eigenvalue weighted by molar-refractivity contribution is 6.01. The van der Waals surface area contributed by atoms with Gasteiger partial charge in [0.05, 0.1) is 19.2 Å². The normalized spacial score (nSPS) is 9.95. The van der Waals surface area contributed by atoms with Crippen molar-refractivity contribution in [2.75, 3.05) is 32.5 Å². The molecule has 0 unspecified atom stereocenters. The monoisotopic (exact) mass is 279 g/mol. The number of benzene rings is 1. The Morgan fingerprint density at radius 2 is 1.95 bits per heavy atom. The van der Waals surface area contributed by atoms with Crippen LogP contribution in [-0.2, 0) is 4.79 Å². The van der Waals surface area contributed by atoms with Crippen LogP contribution < -0.4 is 15.8 Å². The fourth-order valence-electron chi connectivity index (χ4n) is 1.80. The molecule has 0 atom stereocenters. The average molecular weight is 279 g/mol. The van der Waals surface area contributed by atoms with E-state index in [1.165, 1.54) is 7.11 Å². The molecule has 1 aromatic rings. The zero-order valence-corrected chi connectivity index (χ0v) is 12.1. The second kappa shape index (κ2) is 7.37. The molecular formula is C14H21N3O3. The van der Waals surface area contributed by atoms with E-state index in [4.69, 9.17) is 10.5 Å². The predicted octanol–water partition coefficient (Wildman–Crippen LogP) is 0.876. The molecule has 110 valence electrons. The van der Waals surface area contributed by atoms with Gasteiger partial charge in [-0.05, 0) is 32.0 Å². The van der Waals surface area contributed by atoms with Gasteiger partial charge in [0.1, 0.15) is 5.75 Å². The van der Waals surface area contributed by atoms with Crippen molar-refractivity contribution in [1.82, 2.24) is 10.2 Å². The molecular weight excluding hydrogens is 258 g/mol. The van der Waals surface area contributed by atoms with Crippen LogP contribution >= 0.6 is 0 Å². The van der Waals surface area contributed by atoms with Crippen molar-refractivity contribution in [2.24, 2.45) is 0 Å². The number of nitrogens with two attached hydrogens (primary N) is 1. The number of rotatable bonds is 6. The summed E-state index contributed by atoms with van der Waals surface area (Å²) in [5.41, 5.74) is 6.40. The molecule has 6 heteroatoms.